The van der Waals surface area contributed by atoms with E-state index in [0.717, 1.165) is 25.1 Å². The van der Waals surface area contributed by atoms with Gasteiger partial charge in [0.05, 0.1) is 0 Å². The van der Waals surface area contributed by atoms with Crippen LogP contribution < -0.4 is 5.32 Å². The first-order valence-corrected chi connectivity index (χ1v) is 6.43. The van der Waals surface area contributed by atoms with E-state index in [4.69, 9.17) is 4.74 Å². The Hall–Kier alpha value is -1.06. The molecule has 0 atom stereocenters. The second-order valence-corrected chi connectivity index (χ2v) is 5.64. The van der Waals surface area contributed by atoms with Crippen molar-refractivity contribution in [3.8, 4) is 5.75 Å². The molecule has 0 spiro atoms. The van der Waals surface area contributed by atoms with Crippen LogP contribution >= 0.6 is 0 Å². The second-order valence-electron chi connectivity index (χ2n) is 5.64. The van der Waals surface area contributed by atoms with E-state index >= 15 is 0 Å². The van der Waals surface area contributed by atoms with Crippen LogP contribution in [0.15, 0.2) is 18.2 Å². The lowest BCUT2D eigenvalue weighted by molar-refractivity contribution is 0.150. The van der Waals surface area contributed by atoms with Gasteiger partial charge in [-0.05, 0) is 24.8 Å². The van der Waals surface area contributed by atoms with Gasteiger partial charge in [-0.25, -0.2) is 0 Å². The highest BCUT2D eigenvalue weighted by atomic mass is 16.5. The molecule has 0 amide bonds. The van der Waals surface area contributed by atoms with Crippen LogP contribution in [0.2, 0.25) is 0 Å². The van der Waals surface area contributed by atoms with E-state index in [1.807, 2.05) is 19.1 Å². The minimum Gasteiger partial charge on any atom is -0.508 e. The Kier molecular flexibility index (Phi) is 5.63. The normalized spacial score (nSPS) is 11.8. The van der Waals surface area contributed by atoms with Crippen molar-refractivity contribution in [1.29, 1.82) is 0 Å². The summed E-state index contributed by atoms with van der Waals surface area (Å²) in [6.45, 7) is 8.85. The molecular weight excluding hydrogens is 226 g/mol. The van der Waals surface area contributed by atoms with Gasteiger partial charge in [0, 0.05) is 32.4 Å². The van der Waals surface area contributed by atoms with Crippen molar-refractivity contribution in [1.82, 2.24) is 5.32 Å². The first kappa shape index (κ1) is 15.0. The van der Waals surface area contributed by atoms with Gasteiger partial charge < -0.3 is 15.2 Å². The minimum absolute atomic E-state index is 0.204. The lowest BCUT2D eigenvalue weighted by Crippen LogP contribution is -2.30. The third kappa shape index (κ3) is 5.07. The summed E-state index contributed by atoms with van der Waals surface area (Å²) >= 11 is 0. The number of phenols is 1. The molecule has 0 radical (unpaired) electrons. The monoisotopic (exact) mass is 251 g/mol. The maximum absolute atomic E-state index is 9.75. The number of nitrogens with one attached hydrogen (secondary N) is 1. The molecule has 2 N–H and O–H groups in total. The summed E-state index contributed by atoms with van der Waals surface area (Å²) in [5.74, 6) is 0.364. The number of aryl methyl sites for hydroxylation is 1. The van der Waals surface area contributed by atoms with Crippen molar-refractivity contribution in [2.24, 2.45) is 5.41 Å². The number of methoxy groups -OCH3 is 1. The number of hydrogen-bond acceptors (Lipinski definition) is 3. The fourth-order valence-electron chi connectivity index (χ4n) is 1.86. The molecular formula is C15H25NO2. The lowest BCUT2D eigenvalue weighted by atomic mass is 9.89. The summed E-state index contributed by atoms with van der Waals surface area (Å²) in [6.07, 6.45) is 1.02. The number of aromatic hydroxyl groups is 1. The molecule has 0 aliphatic rings. The number of benzene rings is 1. The fourth-order valence-corrected chi connectivity index (χ4v) is 1.86. The topological polar surface area (TPSA) is 41.5 Å². The highest BCUT2D eigenvalue weighted by Crippen LogP contribution is 2.21. The molecule has 1 aromatic carbocycles. The van der Waals surface area contributed by atoms with Crippen LogP contribution in [-0.2, 0) is 11.3 Å². The Morgan fingerprint density at radius 3 is 2.72 bits per heavy atom. The SMILES string of the molecule is COCCC(C)(C)CNCc1cc(C)ccc1O. The van der Waals surface area contributed by atoms with E-state index in [9.17, 15) is 5.11 Å². The zero-order valence-corrected chi connectivity index (χ0v) is 11.9. The molecule has 0 aliphatic carbocycles. The third-order valence-electron chi connectivity index (χ3n) is 3.14. The molecule has 0 saturated heterocycles. The Labute approximate surface area is 110 Å². The van der Waals surface area contributed by atoms with Crippen LogP contribution in [-0.4, -0.2) is 25.4 Å². The zero-order valence-electron chi connectivity index (χ0n) is 11.9. The molecule has 0 aliphatic heterocycles. The maximum Gasteiger partial charge on any atom is 0.120 e. The molecule has 0 aromatic heterocycles. The van der Waals surface area contributed by atoms with Gasteiger partial charge in [-0.1, -0.05) is 31.5 Å². The number of hydrogen-bond donors (Lipinski definition) is 2. The molecule has 0 bridgehead atoms. The van der Waals surface area contributed by atoms with Crippen molar-refractivity contribution >= 4 is 0 Å². The van der Waals surface area contributed by atoms with Crippen molar-refractivity contribution in [3.05, 3.63) is 29.3 Å². The van der Waals surface area contributed by atoms with Gasteiger partial charge in [-0.3, -0.25) is 0 Å². The molecule has 0 unspecified atom stereocenters. The van der Waals surface area contributed by atoms with Crippen molar-refractivity contribution in [2.45, 2.75) is 33.7 Å². The van der Waals surface area contributed by atoms with E-state index in [2.05, 4.69) is 19.2 Å². The predicted molar refractivity (Wildman–Crippen MR) is 74.8 cm³/mol. The molecule has 102 valence electrons. The van der Waals surface area contributed by atoms with E-state index < -0.39 is 0 Å². The van der Waals surface area contributed by atoms with Crippen LogP contribution in [0.3, 0.4) is 0 Å². The Balaban J connectivity index is 2.43. The average Bonchev–Trinajstić information content (AvgIpc) is 2.31. The molecule has 0 saturated carbocycles. The molecule has 1 aromatic rings. The number of rotatable bonds is 7. The van der Waals surface area contributed by atoms with Crippen LogP contribution in [0.4, 0.5) is 0 Å². The summed E-state index contributed by atoms with van der Waals surface area (Å²) in [5, 5.41) is 13.1. The van der Waals surface area contributed by atoms with Gasteiger partial charge in [0.25, 0.3) is 0 Å². The maximum atomic E-state index is 9.75. The Morgan fingerprint density at radius 2 is 2.06 bits per heavy atom. The number of phenolic OH excluding ortho intramolecular Hbond substituents is 1. The first-order chi connectivity index (χ1) is 8.44. The van der Waals surface area contributed by atoms with Crippen molar-refractivity contribution < 1.29 is 9.84 Å². The Bertz CT molecular complexity index is 375. The summed E-state index contributed by atoms with van der Waals surface area (Å²) in [7, 11) is 1.73. The third-order valence-corrected chi connectivity index (χ3v) is 3.14. The average molecular weight is 251 g/mol. The standard InChI is InChI=1S/C15H25NO2/c1-12-5-6-14(17)13(9-12)10-16-11-15(2,3)7-8-18-4/h5-6,9,16-17H,7-8,10-11H2,1-4H3. The van der Waals surface area contributed by atoms with Crippen LogP contribution in [0.25, 0.3) is 0 Å². The quantitative estimate of drug-likeness (QED) is 0.783. The Morgan fingerprint density at radius 1 is 1.33 bits per heavy atom. The largest absolute Gasteiger partial charge is 0.508 e. The molecule has 1 rings (SSSR count). The highest BCUT2D eigenvalue weighted by molar-refractivity contribution is 5.35. The fraction of sp³-hybridized carbons (Fsp3) is 0.600. The van der Waals surface area contributed by atoms with Gasteiger partial charge in [-0.2, -0.15) is 0 Å². The van der Waals surface area contributed by atoms with Gasteiger partial charge in [-0.15, -0.1) is 0 Å². The van der Waals surface area contributed by atoms with Gasteiger partial charge in [0.2, 0.25) is 0 Å². The van der Waals surface area contributed by atoms with E-state index in [1.165, 1.54) is 5.56 Å². The van der Waals surface area contributed by atoms with Crippen LogP contribution in [0.1, 0.15) is 31.4 Å². The highest BCUT2D eigenvalue weighted by Gasteiger charge is 2.16. The lowest BCUT2D eigenvalue weighted by Gasteiger charge is -2.24. The molecule has 18 heavy (non-hydrogen) atoms. The second kappa shape index (κ2) is 6.76. The first-order valence-electron chi connectivity index (χ1n) is 6.43. The van der Waals surface area contributed by atoms with E-state index in [-0.39, 0.29) is 5.41 Å². The molecule has 3 heteroatoms. The smallest absolute Gasteiger partial charge is 0.120 e. The van der Waals surface area contributed by atoms with E-state index in [0.29, 0.717) is 12.3 Å². The van der Waals surface area contributed by atoms with Crippen LogP contribution in [0, 0.1) is 12.3 Å². The van der Waals surface area contributed by atoms with Gasteiger partial charge >= 0.3 is 0 Å². The molecule has 3 nitrogen and oxygen atoms in total. The summed E-state index contributed by atoms with van der Waals surface area (Å²) in [5.41, 5.74) is 2.33. The van der Waals surface area contributed by atoms with Crippen molar-refractivity contribution in [3.63, 3.8) is 0 Å². The minimum atomic E-state index is 0.204. The van der Waals surface area contributed by atoms with Crippen LogP contribution in [0.5, 0.6) is 5.75 Å². The predicted octanol–water partition coefficient (Wildman–Crippen LogP) is 2.85. The summed E-state index contributed by atoms with van der Waals surface area (Å²) in [4.78, 5) is 0. The summed E-state index contributed by atoms with van der Waals surface area (Å²) in [6, 6.07) is 5.69. The van der Waals surface area contributed by atoms with Crippen molar-refractivity contribution in [2.75, 3.05) is 20.3 Å². The summed E-state index contributed by atoms with van der Waals surface area (Å²) < 4.78 is 5.11. The van der Waals surface area contributed by atoms with E-state index in [1.54, 1.807) is 13.2 Å². The molecule has 0 fully saturated rings. The zero-order chi connectivity index (χ0) is 13.6. The van der Waals surface area contributed by atoms with Gasteiger partial charge in [0.15, 0.2) is 0 Å². The van der Waals surface area contributed by atoms with Gasteiger partial charge in [0.1, 0.15) is 5.75 Å². The molecule has 0 heterocycles. The number of ether oxygens (including phenoxy) is 1.